The molecule has 2 nitrogen and oxygen atoms in total. The van der Waals surface area contributed by atoms with Gasteiger partial charge >= 0.3 is 0 Å². The van der Waals surface area contributed by atoms with Crippen LogP contribution in [0.4, 0.5) is 0 Å². The van der Waals surface area contributed by atoms with Gasteiger partial charge in [-0.25, -0.2) is 0 Å². The quantitative estimate of drug-likeness (QED) is 0.509. The summed E-state index contributed by atoms with van der Waals surface area (Å²) in [5.41, 5.74) is 3.24. The van der Waals surface area contributed by atoms with Crippen LogP contribution in [0.5, 0.6) is 0 Å². The van der Waals surface area contributed by atoms with Crippen molar-refractivity contribution in [2.75, 3.05) is 0 Å². The average Bonchev–Trinajstić information content (AvgIpc) is 2.72. The van der Waals surface area contributed by atoms with Gasteiger partial charge in [-0.2, -0.15) is 0 Å². The minimum absolute atomic E-state index is 0.00201. The normalized spacial score (nSPS) is 11.7. The lowest BCUT2D eigenvalue weighted by Gasteiger charge is -2.14. The van der Waals surface area contributed by atoms with Crippen molar-refractivity contribution in [2.45, 2.75) is 36.5 Å². The lowest BCUT2D eigenvalue weighted by Crippen LogP contribution is -2.32. The highest BCUT2D eigenvalue weighted by molar-refractivity contribution is 7.98. The summed E-state index contributed by atoms with van der Waals surface area (Å²) in [7, 11) is 0. The third-order valence-corrected chi connectivity index (χ3v) is 5.53. The van der Waals surface area contributed by atoms with Crippen LogP contribution in [-0.4, -0.2) is 11.9 Å². The van der Waals surface area contributed by atoms with E-state index in [2.05, 4.69) is 60.8 Å². The Morgan fingerprint density at radius 3 is 2.15 bits per heavy atom. The van der Waals surface area contributed by atoms with Crippen molar-refractivity contribution in [3.8, 4) is 0 Å². The van der Waals surface area contributed by atoms with Crippen LogP contribution >= 0.6 is 11.8 Å². The highest BCUT2D eigenvalue weighted by Crippen LogP contribution is 2.22. The van der Waals surface area contributed by atoms with E-state index in [4.69, 9.17) is 0 Å². The molecule has 3 rings (SSSR count). The number of rotatable bonds is 8. The van der Waals surface area contributed by atoms with Crippen LogP contribution < -0.4 is 5.32 Å². The summed E-state index contributed by atoms with van der Waals surface area (Å²) in [6.45, 7) is 2.06. The summed E-state index contributed by atoms with van der Waals surface area (Å²) in [6.07, 6.45) is 1.90. The summed E-state index contributed by atoms with van der Waals surface area (Å²) >= 11 is 1.80. The number of hydrogen-bond acceptors (Lipinski definition) is 2. The first-order valence-electron chi connectivity index (χ1n) is 9.32. The number of nitrogens with one attached hydrogen (secondary N) is 1. The Morgan fingerprint density at radius 1 is 0.852 bits per heavy atom. The molecule has 0 saturated carbocycles. The van der Waals surface area contributed by atoms with Crippen LogP contribution in [0.15, 0.2) is 89.8 Å². The van der Waals surface area contributed by atoms with Crippen molar-refractivity contribution in [3.05, 3.63) is 102 Å². The molecule has 0 bridgehead atoms. The fourth-order valence-corrected chi connectivity index (χ4v) is 3.72. The Kier molecular flexibility index (Phi) is 7.11. The molecule has 0 aliphatic rings. The van der Waals surface area contributed by atoms with Crippen molar-refractivity contribution in [3.63, 3.8) is 0 Å². The molecule has 3 heteroatoms. The third kappa shape index (κ3) is 6.30. The monoisotopic (exact) mass is 375 g/mol. The van der Waals surface area contributed by atoms with Gasteiger partial charge in [0.05, 0.1) is 0 Å². The van der Waals surface area contributed by atoms with Crippen LogP contribution in [0.3, 0.4) is 0 Å². The Bertz CT molecular complexity index is 831. The highest BCUT2D eigenvalue weighted by Gasteiger charge is 2.10. The Morgan fingerprint density at radius 2 is 1.48 bits per heavy atom. The predicted octanol–water partition coefficient (Wildman–Crippen LogP) is 5.73. The molecule has 0 spiro atoms. The second kappa shape index (κ2) is 9.98. The Hall–Kier alpha value is -2.52. The number of amides is 1. The standard InChI is InChI=1S/C24H25NOS/c1-19(12-13-20-8-4-2-5-9-20)25-24(26)22-16-14-21(15-17-22)18-27-23-10-6-3-7-11-23/h2-11,14-17,19H,12-13,18H2,1H3,(H,25,26)/t19-/m0/s1. The summed E-state index contributed by atoms with van der Waals surface area (Å²) in [4.78, 5) is 13.7. The van der Waals surface area contributed by atoms with Gasteiger partial charge in [-0.1, -0.05) is 60.7 Å². The van der Waals surface area contributed by atoms with Gasteiger partial charge in [0.25, 0.3) is 5.91 Å². The van der Waals surface area contributed by atoms with E-state index in [0.29, 0.717) is 0 Å². The average molecular weight is 376 g/mol. The van der Waals surface area contributed by atoms with Crippen molar-refractivity contribution in [1.29, 1.82) is 0 Å². The second-order valence-corrected chi connectivity index (χ2v) is 7.75. The van der Waals surface area contributed by atoms with Crippen molar-refractivity contribution in [1.82, 2.24) is 5.32 Å². The van der Waals surface area contributed by atoms with E-state index in [1.54, 1.807) is 11.8 Å². The fraction of sp³-hybridized carbons (Fsp3) is 0.208. The zero-order valence-corrected chi connectivity index (χ0v) is 16.4. The number of benzene rings is 3. The van der Waals surface area contributed by atoms with E-state index in [1.807, 2.05) is 36.4 Å². The molecule has 138 valence electrons. The fourth-order valence-electron chi connectivity index (χ4n) is 2.84. The smallest absolute Gasteiger partial charge is 0.251 e. The van der Waals surface area contributed by atoms with Gasteiger partial charge in [0.2, 0.25) is 0 Å². The zero-order valence-electron chi connectivity index (χ0n) is 15.6. The third-order valence-electron chi connectivity index (χ3n) is 4.45. The molecule has 27 heavy (non-hydrogen) atoms. The largest absolute Gasteiger partial charge is 0.350 e. The number of thioether (sulfide) groups is 1. The second-order valence-electron chi connectivity index (χ2n) is 6.70. The molecule has 0 fully saturated rings. The van der Waals surface area contributed by atoms with Crippen LogP contribution in [0.1, 0.15) is 34.8 Å². The van der Waals surface area contributed by atoms with Gasteiger partial charge in [-0.05, 0) is 55.2 Å². The molecule has 1 atom stereocenters. The van der Waals surface area contributed by atoms with E-state index >= 15 is 0 Å². The van der Waals surface area contributed by atoms with Crippen molar-refractivity contribution >= 4 is 17.7 Å². The SMILES string of the molecule is C[C@@H](CCc1ccccc1)NC(=O)c1ccc(CSc2ccccc2)cc1. The van der Waals surface area contributed by atoms with E-state index < -0.39 is 0 Å². The molecule has 0 aliphatic carbocycles. The molecule has 3 aromatic rings. The van der Waals surface area contributed by atoms with Crippen molar-refractivity contribution < 1.29 is 4.79 Å². The molecule has 1 amide bonds. The minimum Gasteiger partial charge on any atom is -0.350 e. The van der Waals surface area contributed by atoms with Crippen LogP contribution in [0.25, 0.3) is 0 Å². The molecule has 0 radical (unpaired) electrons. The van der Waals surface area contributed by atoms with Gasteiger partial charge in [-0.3, -0.25) is 4.79 Å². The molecule has 0 unspecified atom stereocenters. The summed E-state index contributed by atoms with van der Waals surface area (Å²) in [5, 5.41) is 3.10. The minimum atomic E-state index is -0.00201. The Labute approximate surface area is 166 Å². The predicted molar refractivity (Wildman–Crippen MR) is 114 cm³/mol. The zero-order chi connectivity index (χ0) is 18.9. The van der Waals surface area contributed by atoms with Gasteiger partial charge in [0, 0.05) is 22.3 Å². The number of carbonyl (C=O) groups is 1. The van der Waals surface area contributed by atoms with E-state index in [-0.39, 0.29) is 11.9 Å². The van der Waals surface area contributed by atoms with Gasteiger partial charge in [-0.15, -0.1) is 11.8 Å². The van der Waals surface area contributed by atoms with Crippen molar-refractivity contribution in [2.24, 2.45) is 0 Å². The maximum atomic E-state index is 12.4. The van der Waals surface area contributed by atoms with Gasteiger partial charge < -0.3 is 5.32 Å². The Balaban J connectivity index is 1.46. The number of hydrogen-bond donors (Lipinski definition) is 1. The van der Waals surface area contributed by atoms with Crippen LogP contribution in [0.2, 0.25) is 0 Å². The summed E-state index contributed by atoms with van der Waals surface area (Å²) < 4.78 is 0. The summed E-state index contributed by atoms with van der Waals surface area (Å²) in [5.74, 6) is 0.900. The maximum Gasteiger partial charge on any atom is 0.251 e. The topological polar surface area (TPSA) is 29.1 Å². The highest BCUT2D eigenvalue weighted by atomic mass is 32.2. The molecular weight excluding hydrogens is 350 g/mol. The molecule has 3 aromatic carbocycles. The molecular formula is C24H25NOS. The molecule has 0 heterocycles. The number of carbonyl (C=O) groups excluding carboxylic acids is 1. The first-order chi connectivity index (χ1) is 13.2. The molecule has 0 aliphatic heterocycles. The molecule has 0 aromatic heterocycles. The van der Waals surface area contributed by atoms with E-state index in [1.165, 1.54) is 16.0 Å². The van der Waals surface area contributed by atoms with Crippen LogP contribution in [0, 0.1) is 0 Å². The lowest BCUT2D eigenvalue weighted by atomic mass is 10.1. The first kappa shape index (κ1) is 19.2. The van der Waals surface area contributed by atoms with Gasteiger partial charge in [0.15, 0.2) is 0 Å². The number of aryl methyl sites for hydroxylation is 1. The maximum absolute atomic E-state index is 12.4. The van der Waals surface area contributed by atoms with E-state index in [9.17, 15) is 4.79 Å². The van der Waals surface area contributed by atoms with Crippen LogP contribution in [-0.2, 0) is 12.2 Å². The molecule has 0 saturated heterocycles. The molecule has 1 N–H and O–H groups in total. The summed E-state index contributed by atoms with van der Waals surface area (Å²) in [6, 6.07) is 28.8. The lowest BCUT2D eigenvalue weighted by molar-refractivity contribution is 0.0938. The van der Waals surface area contributed by atoms with E-state index in [0.717, 1.165) is 24.2 Å². The van der Waals surface area contributed by atoms with Gasteiger partial charge in [0.1, 0.15) is 0 Å². The first-order valence-corrected chi connectivity index (χ1v) is 10.3.